The Morgan fingerprint density at radius 1 is 1.29 bits per heavy atom. The van der Waals surface area contributed by atoms with E-state index in [1.165, 1.54) is 23.7 Å². The summed E-state index contributed by atoms with van der Waals surface area (Å²) in [6.45, 7) is 5.13. The summed E-state index contributed by atoms with van der Waals surface area (Å²) in [6.07, 6.45) is -4.42. The highest BCUT2D eigenvalue weighted by Gasteiger charge is 2.32. The first-order valence-electron chi connectivity index (χ1n) is 6.16. The fourth-order valence-corrected chi connectivity index (χ4v) is 2.09. The van der Waals surface area contributed by atoms with E-state index in [2.05, 4.69) is 26.0 Å². The Hall–Kier alpha value is -1.57. The van der Waals surface area contributed by atoms with Gasteiger partial charge < -0.3 is 4.74 Å². The standard InChI is InChI=1S/C13H13BrF3N3O/c1-7(2)20-12(18-11(14)19-20)21-9-5-4-8(3)10(6-9)13(15,16)17/h4-7H,1-3H3. The molecule has 4 nitrogen and oxygen atoms in total. The van der Waals surface area contributed by atoms with Crippen molar-refractivity contribution in [3.63, 3.8) is 0 Å². The molecule has 0 unspecified atom stereocenters. The molecule has 2 rings (SSSR count). The van der Waals surface area contributed by atoms with Crippen LogP contribution in [0.3, 0.4) is 0 Å². The van der Waals surface area contributed by atoms with Crippen LogP contribution in [0.4, 0.5) is 13.2 Å². The zero-order valence-electron chi connectivity index (χ0n) is 11.6. The molecule has 0 N–H and O–H groups in total. The number of alkyl halides is 3. The molecule has 0 fully saturated rings. The summed E-state index contributed by atoms with van der Waals surface area (Å²) in [7, 11) is 0. The van der Waals surface area contributed by atoms with E-state index in [0.717, 1.165) is 6.07 Å². The van der Waals surface area contributed by atoms with Crippen molar-refractivity contribution in [1.82, 2.24) is 14.8 Å². The van der Waals surface area contributed by atoms with Gasteiger partial charge in [-0.15, -0.1) is 5.10 Å². The molecule has 0 bridgehead atoms. The minimum Gasteiger partial charge on any atom is -0.424 e. The van der Waals surface area contributed by atoms with Gasteiger partial charge in [0.25, 0.3) is 0 Å². The highest BCUT2D eigenvalue weighted by Crippen LogP contribution is 2.35. The Morgan fingerprint density at radius 2 is 1.95 bits per heavy atom. The molecule has 0 saturated heterocycles. The fraction of sp³-hybridized carbons (Fsp3) is 0.385. The average Bonchev–Trinajstić information content (AvgIpc) is 2.71. The van der Waals surface area contributed by atoms with Gasteiger partial charge in [-0.25, -0.2) is 4.68 Å². The lowest BCUT2D eigenvalue weighted by molar-refractivity contribution is -0.138. The van der Waals surface area contributed by atoms with Crippen molar-refractivity contribution in [3.8, 4) is 11.8 Å². The van der Waals surface area contributed by atoms with E-state index in [1.54, 1.807) is 0 Å². The van der Waals surface area contributed by atoms with E-state index < -0.39 is 11.7 Å². The van der Waals surface area contributed by atoms with Crippen LogP contribution < -0.4 is 4.74 Å². The number of nitrogens with zero attached hydrogens (tertiary/aromatic N) is 3. The number of benzene rings is 1. The van der Waals surface area contributed by atoms with E-state index in [9.17, 15) is 13.2 Å². The Balaban J connectivity index is 2.37. The highest BCUT2D eigenvalue weighted by molar-refractivity contribution is 9.10. The second-order valence-electron chi connectivity index (χ2n) is 4.78. The van der Waals surface area contributed by atoms with Crippen LogP contribution in [0.25, 0.3) is 0 Å². The summed E-state index contributed by atoms with van der Waals surface area (Å²) < 4.78 is 45.9. The lowest BCUT2D eigenvalue weighted by Crippen LogP contribution is -2.08. The summed E-state index contributed by atoms with van der Waals surface area (Å²) in [5, 5.41) is 4.07. The fourth-order valence-electron chi connectivity index (χ4n) is 1.77. The molecule has 0 aliphatic carbocycles. The maximum atomic E-state index is 12.9. The SMILES string of the molecule is Cc1ccc(Oc2nc(Br)nn2C(C)C)cc1C(F)(F)F. The predicted octanol–water partition coefficient (Wildman–Crippen LogP) is 4.74. The van der Waals surface area contributed by atoms with Crippen molar-refractivity contribution in [3.05, 3.63) is 34.1 Å². The number of hydrogen-bond acceptors (Lipinski definition) is 3. The molecule has 1 aromatic carbocycles. The second-order valence-corrected chi connectivity index (χ2v) is 5.49. The quantitative estimate of drug-likeness (QED) is 0.790. The van der Waals surface area contributed by atoms with Crippen LogP contribution >= 0.6 is 15.9 Å². The first-order chi connectivity index (χ1) is 9.68. The number of rotatable bonds is 3. The molecule has 0 aliphatic rings. The molecule has 0 spiro atoms. The van der Waals surface area contributed by atoms with E-state index in [-0.39, 0.29) is 23.4 Å². The third-order valence-electron chi connectivity index (χ3n) is 2.79. The second kappa shape index (κ2) is 5.67. The van der Waals surface area contributed by atoms with E-state index >= 15 is 0 Å². The first kappa shape index (κ1) is 15.8. The topological polar surface area (TPSA) is 39.9 Å². The van der Waals surface area contributed by atoms with Crippen molar-refractivity contribution in [2.75, 3.05) is 0 Å². The molecule has 0 radical (unpaired) electrons. The molecule has 0 aliphatic heterocycles. The molecule has 0 atom stereocenters. The summed E-state index contributed by atoms with van der Waals surface area (Å²) in [6, 6.07) is 3.89. The van der Waals surface area contributed by atoms with Gasteiger partial charge in [0.1, 0.15) is 5.75 Å². The van der Waals surface area contributed by atoms with Gasteiger partial charge in [0, 0.05) is 0 Å². The summed E-state index contributed by atoms with van der Waals surface area (Å²) in [5.74, 6) is 0.0646. The maximum absolute atomic E-state index is 12.9. The molecule has 21 heavy (non-hydrogen) atoms. The Bertz CT molecular complexity index is 653. The number of aryl methyl sites for hydroxylation is 1. The smallest absolute Gasteiger partial charge is 0.416 e. The molecule has 1 aromatic heterocycles. The molecule has 0 saturated carbocycles. The van der Waals surface area contributed by atoms with Crippen molar-refractivity contribution in [2.45, 2.75) is 33.0 Å². The van der Waals surface area contributed by atoms with Crippen LogP contribution in [0.2, 0.25) is 0 Å². The van der Waals surface area contributed by atoms with Gasteiger partial charge >= 0.3 is 12.2 Å². The molecule has 2 aromatic rings. The molecule has 114 valence electrons. The Labute approximate surface area is 128 Å². The van der Waals surface area contributed by atoms with E-state index in [1.807, 2.05) is 13.8 Å². The zero-order chi connectivity index (χ0) is 15.8. The van der Waals surface area contributed by atoms with Crippen LogP contribution in [0.15, 0.2) is 22.9 Å². The van der Waals surface area contributed by atoms with Crippen LogP contribution in [0.1, 0.15) is 31.0 Å². The highest BCUT2D eigenvalue weighted by atomic mass is 79.9. The van der Waals surface area contributed by atoms with Crippen LogP contribution in [0, 0.1) is 6.92 Å². The van der Waals surface area contributed by atoms with Crippen LogP contribution in [0.5, 0.6) is 11.8 Å². The van der Waals surface area contributed by atoms with Crippen molar-refractivity contribution >= 4 is 15.9 Å². The van der Waals surface area contributed by atoms with Crippen LogP contribution in [-0.4, -0.2) is 14.8 Å². The van der Waals surface area contributed by atoms with Gasteiger partial charge in [-0.05, 0) is 54.4 Å². The van der Waals surface area contributed by atoms with Gasteiger partial charge in [0.15, 0.2) is 0 Å². The van der Waals surface area contributed by atoms with Gasteiger partial charge in [0.05, 0.1) is 11.6 Å². The normalized spacial score (nSPS) is 12.0. The number of aromatic nitrogens is 3. The molecule has 1 heterocycles. The van der Waals surface area contributed by atoms with Crippen LogP contribution in [-0.2, 0) is 6.18 Å². The van der Waals surface area contributed by atoms with Crippen molar-refractivity contribution in [2.24, 2.45) is 0 Å². The van der Waals surface area contributed by atoms with Crippen molar-refractivity contribution < 1.29 is 17.9 Å². The van der Waals surface area contributed by atoms with E-state index in [4.69, 9.17) is 4.74 Å². The maximum Gasteiger partial charge on any atom is 0.416 e. The zero-order valence-corrected chi connectivity index (χ0v) is 13.2. The molecule has 8 heteroatoms. The summed E-state index contributed by atoms with van der Waals surface area (Å²) in [4.78, 5) is 4.01. The molecular formula is C13H13BrF3N3O. The number of halogens is 4. The van der Waals surface area contributed by atoms with Gasteiger partial charge in [0.2, 0.25) is 4.73 Å². The number of hydrogen-bond donors (Lipinski definition) is 0. The van der Waals surface area contributed by atoms with Gasteiger partial charge in [-0.2, -0.15) is 18.2 Å². The van der Waals surface area contributed by atoms with Gasteiger partial charge in [-0.3, -0.25) is 0 Å². The molecular weight excluding hydrogens is 351 g/mol. The van der Waals surface area contributed by atoms with Crippen molar-refractivity contribution in [1.29, 1.82) is 0 Å². The monoisotopic (exact) mass is 363 g/mol. The third-order valence-corrected chi connectivity index (χ3v) is 3.12. The lowest BCUT2D eigenvalue weighted by Gasteiger charge is -2.13. The molecule has 0 amide bonds. The summed E-state index contributed by atoms with van der Waals surface area (Å²) in [5.41, 5.74) is -0.587. The predicted molar refractivity (Wildman–Crippen MR) is 74.4 cm³/mol. The van der Waals surface area contributed by atoms with Gasteiger partial charge in [-0.1, -0.05) is 6.07 Å². The minimum absolute atomic E-state index is 0.0358. The third kappa shape index (κ3) is 3.55. The summed E-state index contributed by atoms with van der Waals surface area (Å²) >= 11 is 3.12. The number of ether oxygens (including phenoxy) is 1. The van der Waals surface area contributed by atoms with E-state index in [0.29, 0.717) is 4.73 Å². The first-order valence-corrected chi connectivity index (χ1v) is 6.95. The minimum atomic E-state index is -4.42. The largest absolute Gasteiger partial charge is 0.424 e. The average molecular weight is 364 g/mol. The lowest BCUT2D eigenvalue weighted by atomic mass is 10.1. The Morgan fingerprint density at radius 3 is 2.52 bits per heavy atom. The Kier molecular flexibility index (Phi) is 4.27.